The Morgan fingerprint density at radius 3 is 1.82 bits per heavy atom. The normalized spacial score (nSPS) is 15.5. The van der Waals surface area contributed by atoms with E-state index in [4.69, 9.17) is 0 Å². The Balaban J connectivity index is 1.62. The van der Waals surface area contributed by atoms with Crippen LogP contribution in [0.2, 0.25) is 0 Å². The van der Waals surface area contributed by atoms with Crippen molar-refractivity contribution in [2.75, 3.05) is 0 Å². The molecule has 0 amide bonds. The molecule has 0 aromatic heterocycles. The summed E-state index contributed by atoms with van der Waals surface area (Å²) in [5.74, 6) is 1.34. The van der Waals surface area contributed by atoms with Crippen molar-refractivity contribution >= 4 is 29.3 Å². The van der Waals surface area contributed by atoms with Gasteiger partial charge in [0.2, 0.25) is 0 Å². The van der Waals surface area contributed by atoms with E-state index in [0.29, 0.717) is 0 Å². The highest BCUT2D eigenvalue weighted by molar-refractivity contribution is 7.76. The maximum absolute atomic E-state index is 2.31. The van der Waals surface area contributed by atoms with Crippen molar-refractivity contribution in [3.8, 4) is 0 Å². The molecule has 0 aliphatic heterocycles. The van der Waals surface area contributed by atoms with Gasteiger partial charge in [-0.1, -0.05) is 103 Å². The van der Waals surface area contributed by atoms with E-state index in [1.807, 2.05) is 0 Å². The van der Waals surface area contributed by atoms with Crippen molar-refractivity contribution in [3.63, 3.8) is 0 Å². The monoisotopic (exact) mass is 375 g/mol. The predicted octanol–water partition coefficient (Wildman–Crippen LogP) is 6.05. The molecule has 1 heteroatoms. The zero-order chi connectivity index (χ0) is 18.8. The van der Waals surface area contributed by atoms with Crippen LogP contribution >= 0.6 is 7.92 Å². The highest BCUT2D eigenvalue weighted by Gasteiger charge is 2.38. The van der Waals surface area contributed by atoms with Crippen LogP contribution in [-0.2, 0) is 0 Å². The van der Waals surface area contributed by atoms with Gasteiger partial charge in [-0.05, 0) is 54.1 Å². The molecule has 1 saturated carbocycles. The van der Waals surface area contributed by atoms with Gasteiger partial charge in [-0.15, -0.1) is 0 Å². The van der Waals surface area contributed by atoms with Gasteiger partial charge < -0.3 is 0 Å². The topological polar surface area (TPSA) is 0 Å². The summed E-state index contributed by atoms with van der Waals surface area (Å²) in [4.78, 5) is 0. The van der Waals surface area contributed by atoms with Gasteiger partial charge in [-0.2, -0.15) is 0 Å². The zero-order valence-electron chi connectivity index (χ0n) is 15.5. The van der Waals surface area contributed by atoms with Crippen molar-refractivity contribution in [2.24, 2.45) is 0 Å². The van der Waals surface area contributed by atoms with Crippen molar-refractivity contribution in [1.82, 2.24) is 0 Å². The summed E-state index contributed by atoms with van der Waals surface area (Å²) >= 11 is 0. The fourth-order valence-corrected chi connectivity index (χ4v) is 6.34. The van der Waals surface area contributed by atoms with Crippen LogP contribution in [0.15, 0.2) is 103 Å². The van der Waals surface area contributed by atoms with Gasteiger partial charge in [0.1, 0.15) is 0 Å². The highest BCUT2D eigenvalue weighted by Crippen LogP contribution is 2.58. The third kappa shape index (κ3) is 3.27. The van der Waals surface area contributed by atoms with E-state index >= 15 is 0 Å². The quantitative estimate of drug-likeness (QED) is 0.381. The first kappa shape index (κ1) is 17.7. The number of rotatable bonds is 4. The third-order valence-electron chi connectivity index (χ3n) is 5.14. The Morgan fingerprint density at radius 2 is 1.11 bits per heavy atom. The summed E-state index contributed by atoms with van der Waals surface area (Å²) in [6.07, 6.45) is 6.79. The van der Waals surface area contributed by atoms with Gasteiger partial charge in [-0.3, -0.25) is 0 Å². The maximum atomic E-state index is 2.31. The van der Waals surface area contributed by atoms with E-state index in [-0.39, 0.29) is 0 Å². The minimum atomic E-state index is -0.609. The number of fused-ring (bicyclic) bond motifs is 1. The summed E-state index contributed by atoms with van der Waals surface area (Å²) in [6, 6.07) is 37.1. The molecule has 1 aliphatic rings. The predicted molar refractivity (Wildman–Crippen MR) is 122 cm³/mol. The van der Waals surface area contributed by atoms with Crippen LogP contribution in [0.1, 0.15) is 5.56 Å². The fourth-order valence-electron chi connectivity index (χ4n) is 3.88. The van der Waals surface area contributed by atoms with Crippen molar-refractivity contribution in [1.29, 1.82) is 0 Å². The highest BCUT2D eigenvalue weighted by atomic mass is 31.1. The standard InChI is InChI=1S/C27H20P/c1-3-13-22(14-4-1)28(23-15-5-2-6-16-23)27-20-10-19-26(27)25-18-9-12-21-11-7-8-17-24(21)25/h1-20H. The van der Waals surface area contributed by atoms with E-state index in [2.05, 4.69) is 122 Å². The van der Waals surface area contributed by atoms with Crippen LogP contribution in [0.25, 0.3) is 10.8 Å². The average molecular weight is 375 g/mol. The second-order valence-corrected chi connectivity index (χ2v) is 9.04. The van der Waals surface area contributed by atoms with Gasteiger partial charge in [0.05, 0.1) is 0 Å². The molecule has 4 aromatic carbocycles. The van der Waals surface area contributed by atoms with Crippen LogP contribution in [0, 0.1) is 30.8 Å². The van der Waals surface area contributed by atoms with Crippen LogP contribution in [0.3, 0.4) is 0 Å². The summed E-state index contributed by atoms with van der Waals surface area (Å²) in [5.41, 5.74) is 2.74. The molecule has 28 heavy (non-hydrogen) atoms. The van der Waals surface area contributed by atoms with E-state index in [1.54, 1.807) is 0 Å². The molecule has 5 rings (SSSR count). The third-order valence-corrected chi connectivity index (χ3v) is 7.64. The van der Waals surface area contributed by atoms with E-state index in [9.17, 15) is 0 Å². The molecule has 0 bridgehead atoms. The number of benzene rings is 4. The Morgan fingerprint density at radius 1 is 0.500 bits per heavy atom. The second-order valence-electron chi connectivity index (χ2n) is 6.86. The van der Waals surface area contributed by atoms with Gasteiger partial charge in [0.15, 0.2) is 0 Å². The molecule has 5 radical (unpaired) electrons. The molecule has 1 fully saturated rings. The van der Waals surface area contributed by atoms with Gasteiger partial charge in [0, 0.05) is 11.6 Å². The Kier molecular flexibility index (Phi) is 4.98. The summed E-state index contributed by atoms with van der Waals surface area (Å²) < 4.78 is 0. The number of hydrogen-bond acceptors (Lipinski definition) is 0. The molecule has 0 unspecified atom stereocenters. The molecule has 0 atom stereocenters. The van der Waals surface area contributed by atoms with Crippen molar-refractivity contribution < 1.29 is 0 Å². The van der Waals surface area contributed by atoms with E-state index < -0.39 is 7.92 Å². The van der Waals surface area contributed by atoms with E-state index in [1.165, 1.54) is 38.5 Å². The largest absolute Gasteiger partial charge is 0.0622 e. The van der Waals surface area contributed by atoms with Gasteiger partial charge in [-0.25, -0.2) is 0 Å². The first-order chi connectivity index (χ1) is 13.9. The first-order valence-corrected chi connectivity index (χ1v) is 10.9. The van der Waals surface area contributed by atoms with Gasteiger partial charge in [0.25, 0.3) is 0 Å². The Labute approximate surface area is 169 Å². The molecule has 0 N–H and O–H groups in total. The Hall–Kier alpha value is -2.43. The molecule has 1 aliphatic carbocycles. The SMILES string of the molecule is [CH]1[CH][C](c2cccc3ccccc23)[C](P(c2ccccc2)c2ccccc2)[CH]1. The first-order valence-electron chi connectivity index (χ1n) is 9.56. The smallest absolute Gasteiger partial charge is 0.0242 e. The molecule has 0 heterocycles. The van der Waals surface area contributed by atoms with Crippen molar-refractivity contribution in [3.05, 3.63) is 140 Å². The molecule has 0 nitrogen and oxygen atoms in total. The maximum Gasteiger partial charge on any atom is 0.0242 e. The minimum absolute atomic E-state index is 0.609. The number of hydrogen-bond donors (Lipinski definition) is 0. The lowest BCUT2D eigenvalue weighted by molar-refractivity contribution is 1.27. The summed E-state index contributed by atoms with van der Waals surface area (Å²) in [7, 11) is -0.609. The molecule has 0 spiro atoms. The van der Waals surface area contributed by atoms with Crippen LogP contribution in [0.4, 0.5) is 0 Å². The summed E-state index contributed by atoms with van der Waals surface area (Å²) in [6.45, 7) is 0. The molecule has 4 aromatic rings. The second kappa shape index (κ2) is 7.90. The minimum Gasteiger partial charge on any atom is -0.0622 e. The fraction of sp³-hybridized carbons (Fsp3) is 0. The summed E-state index contributed by atoms with van der Waals surface area (Å²) in [5, 5.41) is 5.37. The van der Waals surface area contributed by atoms with Gasteiger partial charge >= 0.3 is 0 Å². The molecular weight excluding hydrogens is 355 g/mol. The molecular formula is C27H20P. The lowest BCUT2D eigenvalue weighted by Gasteiger charge is -2.30. The lowest BCUT2D eigenvalue weighted by Crippen LogP contribution is -2.19. The molecule has 0 saturated heterocycles. The van der Waals surface area contributed by atoms with Crippen LogP contribution in [-0.4, -0.2) is 0 Å². The van der Waals surface area contributed by atoms with Crippen LogP contribution < -0.4 is 10.6 Å². The average Bonchev–Trinajstić information content (AvgIpc) is 3.24. The lowest BCUT2D eigenvalue weighted by atomic mass is 9.92. The molecule has 133 valence electrons. The van der Waals surface area contributed by atoms with Crippen LogP contribution in [0.5, 0.6) is 0 Å². The Bertz CT molecular complexity index is 1010. The van der Waals surface area contributed by atoms with E-state index in [0.717, 1.165) is 0 Å². The zero-order valence-corrected chi connectivity index (χ0v) is 16.4. The van der Waals surface area contributed by atoms with Crippen molar-refractivity contribution in [2.45, 2.75) is 0 Å².